The standard InChI is InChI=1S/C16H22FNO3/c1-11-10-21-12(2)9-18(11)16(19)7-5-13-4-6-15(20-3)14(17)8-13/h4,6,8,11-12H,5,7,9-10H2,1-3H3. The molecule has 0 aromatic heterocycles. The molecule has 1 heterocycles. The number of amides is 1. The molecular weight excluding hydrogens is 273 g/mol. The van der Waals surface area contributed by atoms with Crippen LogP contribution in [0.1, 0.15) is 25.8 Å². The summed E-state index contributed by atoms with van der Waals surface area (Å²) in [6.07, 6.45) is 0.977. The van der Waals surface area contributed by atoms with Crippen molar-refractivity contribution >= 4 is 5.91 Å². The lowest BCUT2D eigenvalue weighted by Crippen LogP contribution is -2.50. The summed E-state index contributed by atoms with van der Waals surface area (Å²) in [5.74, 6) is -0.0783. The molecule has 2 rings (SSSR count). The summed E-state index contributed by atoms with van der Waals surface area (Å²) >= 11 is 0. The lowest BCUT2D eigenvalue weighted by atomic mass is 10.1. The second-order valence-electron chi connectivity index (χ2n) is 5.51. The minimum Gasteiger partial charge on any atom is -0.494 e. The molecule has 4 nitrogen and oxygen atoms in total. The van der Waals surface area contributed by atoms with Gasteiger partial charge in [-0.25, -0.2) is 4.39 Å². The first-order valence-corrected chi connectivity index (χ1v) is 7.24. The second kappa shape index (κ2) is 6.89. The van der Waals surface area contributed by atoms with Crippen molar-refractivity contribution in [1.82, 2.24) is 4.90 Å². The summed E-state index contributed by atoms with van der Waals surface area (Å²) in [6, 6.07) is 4.91. The number of nitrogens with zero attached hydrogens (tertiary/aromatic N) is 1. The summed E-state index contributed by atoms with van der Waals surface area (Å²) in [4.78, 5) is 14.1. The monoisotopic (exact) mass is 295 g/mol. The molecule has 0 radical (unpaired) electrons. The zero-order valence-electron chi connectivity index (χ0n) is 12.8. The van der Waals surface area contributed by atoms with Crippen LogP contribution in [-0.2, 0) is 16.0 Å². The largest absolute Gasteiger partial charge is 0.494 e. The highest BCUT2D eigenvalue weighted by atomic mass is 19.1. The summed E-state index contributed by atoms with van der Waals surface area (Å²) in [5.41, 5.74) is 0.801. The van der Waals surface area contributed by atoms with Gasteiger partial charge < -0.3 is 14.4 Å². The number of hydrogen-bond donors (Lipinski definition) is 0. The van der Waals surface area contributed by atoms with E-state index >= 15 is 0 Å². The summed E-state index contributed by atoms with van der Waals surface area (Å²) in [6.45, 7) is 5.14. The molecule has 1 amide bonds. The number of benzene rings is 1. The van der Waals surface area contributed by atoms with Crippen LogP contribution in [0.5, 0.6) is 5.75 Å². The Labute approximate surface area is 124 Å². The van der Waals surface area contributed by atoms with Crippen LogP contribution in [0.2, 0.25) is 0 Å². The molecular formula is C16H22FNO3. The number of ether oxygens (including phenoxy) is 2. The first-order valence-electron chi connectivity index (χ1n) is 7.24. The Kier molecular flexibility index (Phi) is 5.17. The Bertz CT molecular complexity index is 506. The topological polar surface area (TPSA) is 38.8 Å². The summed E-state index contributed by atoms with van der Waals surface area (Å²) < 4.78 is 24.0. The smallest absolute Gasteiger partial charge is 0.223 e. The van der Waals surface area contributed by atoms with Gasteiger partial charge >= 0.3 is 0 Å². The fraction of sp³-hybridized carbons (Fsp3) is 0.562. The minimum atomic E-state index is -0.393. The zero-order chi connectivity index (χ0) is 15.4. The van der Waals surface area contributed by atoms with Crippen molar-refractivity contribution in [3.05, 3.63) is 29.6 Å². The van der Waals surface area contributed by atoms with Gasteiger partial charge in [0.05, 0.1) is 25.9 Å². The molecule has 2 unspecified atom stereocenters. The van der Waals surface area contributed by atoms with E-state index in [0.29, 0.717) is 26.0 Å². The van der Waals surface area contributed by atoms with Gasteiger partial charge in [-0.05, 0) is 38.0 Å². The Hall–Kier alpha value is -1.62. The number of aryl methyl sites for hydroxylation is 1. The maximum Gasteiger partial charge on any atom is 0.223 e. The van der Waals surface area contributed by atoms with Crippen molar-refractivity contribution in [2.24, 2.45) is 0 Å². The Morgan fingerprint density at radius 3 is 2.90 bits per heavy atom. The third-order valence-electron chi connectivity index (χ3n) is 3.77. The number of carbonyl (C=O) groups is 1. The van der Waals surface area contributed by atoms with Crippen molar-refractivity contribution in [2.45, 2.75) is 38.8 Å². The average molecular weight is 295 g/mol. The molecule has 0 N–H and O–H groups in total. The Morgan fingerprint density at radius 2 is 2.24 bits per heavy atom. The zero-order valence-corrected chi connectivity index (χ0v) is 12.8. The average Bonchev–Trinajstić information content (AvgIpc) is 2.47. The van der Waals surface area contributed by atoms with E-state index in [4.69, 9.17) is 9.47 Å². The number of morpholine rings is 1. The van der Waals surface area contributed by atoms with E-state index in [1.807, 2.05) is 18.7 Å². The van der Waals surface area contributed by atoms with E-state index in [-0.39, 0.29) is 23.8 Å². The number of halogens is 1. The molecule has 0 aliphatic carbocycles. The number of carbonyl (C=O) groups excluding carboxylic acids is 1. The maximum atomic E-state index is 13.6. The highest BCUT2D eigenvalue weighted by molar-refractivity contribution is 5.77. The molecule has 1 aliphatic rings. The van der Waals surface area contributed by atoms with Gasteiger partial charge in [-0.15, -0.1) is 0 Å². The molecule has 0 saturated carbocycles. The van der Waals surface area contributed by atoms with Gasteiger partial charge in [0.15, 0.2) is 11.6 Å². The van der Waals surface area contributed by atoms with Gasteiger partial charge in [0.2, 0.25) is 5.91 Å². The van der Waals surface area contributed by atoms with Crippen LogP contribution in [0.15, 0.2) is 18.2 Å². The predicted molar refractivity (Wildman–Crippen MR) is 77.9 cm³/mol. The minimum absolute atomic E-state index is 0.0728. The Morgan fingerprint density at radius 1 is 1.48 bits per heavy atom. The van der Waals surface area contributed by atoms with E-state index in [2.05, 4.69) is 0 Å². The summed E-state index contributed by atoms with van der Waals surface area (Å²) in [7, 11) is 1.43. The molecule has 116 valence electrons. The van der Waals surface area contributed by atoms with E-state index in [1.165, 1.54) is 13.2 Å². The SMILES string of the molecule is COc1ccc(CCC(=O)N2CC(C)OCC2C)cc1F. The third-order valence-corrected chi connectivity index (χ3v) is 3.77. The van der Waals surface area contributed by atoms with Crippen LogP contribution in [0.3, 0.4) is 0 Å². The molecule has 1 aromatic carbocycles. The van der Waals surface area contributed by atoms with Crippen LogP contribution in [0, 0.1) is 5.82 Å². The lowest BCUT2D eigenvalue weighted by Gasteiger charge is -2.37. The van der Waals surface area contributed by atoms with Gasteiger partial charge in [-0.3, -0.25) is 4.79 Å². The molecule has 1 aromatic rings. The van der Waals surface area contributed by atoms with Crippen molar-refractivity contribution in [2.75, 3.05) is 20.3 Å². The van der Waals surface area contributed by atoms with Gasteiger partial charge in [-0.2, -0.15) is 0 Å². The summed E-state index contributed by atoms with van der Waals surface area (Å²) in [5, 5.41) is 0. The van der Waals surface area contributed by atoms with E-state index in [9.17, 15) is 9.18 Å². The van der Waals surface area contributed by atoms with Crippen molar-refractivity contribution in [3.63, 3.8) is 0 Å². The van der Waals surface area contributed by atoms with Crippen LogP contribution < -0.4 is 4.74 Å². The van der Waals surface area contributed by atoms with Crippen LogP contribution in [0.25, 0.3) is 0 Å². The first-order chi connectivity index (χ1) is 10.0. The quantitative estimate of drug-likeness (QED) is 0.856. The Balaban J connectivity index is 1.93. The van der Waals surface area contributed by atoms with Crippen molar-refractivity contribution < 1.29 is 18.7 Å². The molecule has 1 fully saturated rings. The van der Waals surface area contributed by atoms with Gasteiger partial charge in [-0.1, -0.05) is 6.07 Å². The lowest BCUT2D eigenvalue weighted by molar-refractivity contribution is -0.143. The fourth-order valence-electron chi connectivity index (χ4n) is 2.51. The number of hydrogen-bond acceptors (Lipinski definition) is 3. The number of rotatable bonds is 4. The van der Waals surface area contributed by atoms with E-state index < -0.39 is 5.82 Å². The molecule has 0 spiro atoms. The second-order valence-corrected chi connectivity index (χ2v) is 5.51. The van der Waals surface area contributed by atoms with E-state index in [0.717, 1.165) is 5.56 Å². The molecule has 1 saturated heterocycles. The van der Waals surface area contributed by atoms with E-state index in [1.54, 1.807) is 12.1 Å². The van der Waals surface area contributed by atoms with Gasteiger partial charge in [0.25, 0.3) is 0 Å². The van der Waals surface area contributed by atoms with Gasteiger partial charge in [0.1, 0.15) is 0 Å². The van der Waals surface area contributed by atoms with Crippen molar-refractivity contribution in [3.8, 4) is 5.75 Å². The van der Waals surface area contributed by atoms with Crippen LogP contribution in [-0.4, -0.2) is 43.2 Å². The first kappa shape index (κ1) is 15.8. The number of methoxy groups -OCH3 is 1. The predicted octanol–water partition coefficient (Wildman–Crippen LogP) is 2.40. The highest BCUT2D eigenvalue weighted by Crippen LogP contribution is 2.19. The molecule has 2 atom stereocenters. The molecule has 5 heteroatoms. The molecule has 1 aliphatic heterocycles. The van der Waals surface area contributed by atoms with Gasteiger partial charge in [0, 0.05) is 13.0 Å². The van der Waals surface area contributed by atoms with Crippen LogP contribution in [0.4, 0.5) is 4.39 Å². The third kappa shape index (κ3) is 3.94. The fourth-order valence-corrected chi connectivity index (χ4v) is 2.51. The normalized spacial score (nSPS) is 22.2. The van der Waals surface area contributed by atoms with Crippen molar-refractivity contribution in [1.29, 1.82) is 0 Å². The molecule has 0 bridgehead atoms. The highest BCUT2D eigenvalue weighted by Gasteiger charge is 2.26. The molecule has 21 heavy (non-hydrogen) atoms. The maximum absolute atomic E-state index is 13.6. The van der Waals surface area contributed by atoms with Crippen LogP contribution >= 0.6 is 0 Å².